The normalized spacial score (nSPS) is 22.7. The van der Waals surface area contributed by atoms with Gasteiger partial charge in [0, 0.05) is 36.9 Å². The Labute approximate surface area is 127 Å². The lowest BCUT2D eigenvalue weighted by Gasteiger charge is -2.43. The van der Waals surface area contributed by atoms with Crippen LogP contribution >= 0.6 is 0 Å². The molecule has 3 nitrogen and oxygen atoms in total. The van der Waals surface area contributed by atoms with Crippen LogP contribution in [-0.2, 0) is 0 Å². The molecule has 0 spiro atoms. The maximum absolute atomic E-state index is 14.1. The molecule has 4 heteroatoms. The summed E-state index contributed by atoms with van der Waals surface area (Å²) in [6, 6.07) is 6.19. The highest BCUT2D eigenvalue weighted by molar-refractivity contribution is 5.51. The van der Waals surface area contributed by atoms with Crippen molar-refractivity contribution in [3.05, 3.63) is 24.0 Å². The van der Waals surface area contributed by atoms with Crippen LogP contribution in [0.1, 0.15) is 34.1 Å². The maximum Gasteiger partial charge on any atom is 0.167 e. The van der Waals surface area contributed by atoms with E-state index in [1.54, 1.807) is 12.1 Å². The standard InChI is InChI=1S/C17H27FN2O/c1-5-13-11-20(16(10-19-13)12(3)4)14-7-8-17(21-6-2)15(18)9-14/h7-9,12-13,16,19H,5-6,10-11H2,1-4H3. The summed E-state index contributed by atoms with van der Waals surface area (Å²) in [4.78, 5) is 2.34. The highest BCUT2D eigenvalue weighted by Crippen LogP contribution is 2.28. The van der Waals surface area contributed by atoms with Crippen LogP contribution in [0.3, 0.4) is 0 Å². The first-order chi connectivity index (χ1) is 10.1. The highest BCUT2D eigenvalue weighted by Gasteiger charge is 2.29. The van der Waals surface area contributed by atoms with Crippen LogP contribution < -0.4 is 15.0 Å². The molecule has 1 aromatic rings. The number of hydrogen-bond donors (Lipinski definition) is 1. The molecule has 0 bridgehead atoms. The first kappa shape index (κ1) is 16.1. The molecule has 1 aliphatic rings. The summed E-state index contributed by atoms with van der Waals surface area (Å²) in [6.45, 7) is 10.8. The topological polar surface area (TPSA) is 24.5 Å². The van der Waals surface area contributed by atoms with Gasteiger partial charge in [0.15, 0.2) is 11.6 Å². The lowest BCUT2D eigenvalue weighted by atomic mass is 9.97. The van der Waals surface area contributed by atoms with Gasteiger partial charge in [0.25, 0.3) is 0 Å². The Hall–Kier alpha value is -1.29. The molecule has 1 aliphatic heterocycles. The smallest absolute Gasteiger partial charge is 0.167 e. The van der Waals surface area contributed by atoms with E-state index in [-0.39, 0.29) is 5.82 Å². The summed E-state index contributed by atoms with van der Waals surface area (Å²) < 4.78 is 19.4. The van der Waals surface area contributed by atoms with Crippen molar-refractivity contribution in [2.24, 2.45) is 5.92 Å². The molecule has 0 radical (unpaired) electrons. The predicted octanol–water partition coefficient (Wildman–Crippen LogP) is 3.44. The van der Waals surface area contributed by atoms with Gasteiger partial charge >= 0.3 is 0 Å². The molecule has 1 fully saturated rings. The second-order valence-electron chi connectivity index (χ2n) is 6.02. The van der Waals surface area contributed by atoms with E-state index in [2.05, 4.69) is 31.0 Å². The molecule has 1 saturated heterocycles. The number of ether oxygens (including phenoxy) is 1. The van der Waals surface area contributed by atoms with Crippen molar-refractivity contribution in [3.63, 3.8) is 0 Å². The van der Waals surface area contributed by atoms with E-state index < -0.39 is 0 Å². The summed E-state index contributed by atoms with van der Waals surface area (Å²) >= 11 is 0. The van der Waals surface area contributed by atoms with Crippen molar-refractivity contribution in [1.82, 2.24) is 5.32 Å². The number of piperazine rings is 1. The van der Waals surface area contributed by atoms with E-state index >= 15 is 0 Å². The largest absolute Gasteiger partial charge is 0.491 e. The second kappa shape index (κ2) is 7.12. The van der Waals surface area contributed by atoms with E-state index in [1.807, 2.05) is 13.0 Å². The molecule has 0 saturated carbocycles. The van der Waals surface area contributed by atoms with Crippen LogP contribution in [0.2, 0.25) is 0 Å². The van der Waals surface area contributed by atoms with Gasteiger partial charge in [0.2, 0.25) is 0 Å². The number of nitrogens with one attached hydrogen (secondary N) is 1. The molecule has 0 aromatic heterocycles. The molecule has 1 heterocycles. The summed E-state index contributed by atoms with van der Waals surface area (Å²) in [5.74, 6) is 0.581. The van der Waals surface area contributed by atoms with Crippen LogP contribution in [0.5, 0.6) is 5.75 Å². The van der Waals surface area contributed by atoms with Crippen LogP contribution in [0.4, 0.5) is 10.1 Å². The summed E-state index contributed by atoms with van der Waals surface area (Å²) in [6.07, 6.45) is 1.08. The van der Waals surface area contributed by atoms with Crippen LogP contribution in [0.15, 0.2) is 18.2 Å². The van der Waals surface area contributed by atoms with Gasteiger partial charge in [-0.25, -0.2) is 4.39 Å². The average Bonchev–Trinajstić information content (AvgIpc) is 2.48. The molecular formula is C17H27FN2O. The van der Waals surface area contributed by atoms with E-state index in [1.165, 1.54) is 0 Å². The molecule has 118 valence electrons. The van der Waals surface area contributed by atoms with Gasteiger partial charge in [-0.1, -0.05) is 20.8 Å². The number of anilines is 1. The molecule has 21 heavy (non-hydrogen) atoms. The Morgan fingerprint density at radius 1 is 1.38 bits per heavy atom. The molecular weight excluding hydrogens is 267 g/mol. The number of nitrogens with zero attached hydrogens (tertiary/aromatic N) is 1. The van der Waals surface area contributed by atoms with Gasteiger partial charge in [0.1, 0.15) is 0 Å². The van der Waals surface area contributed by atoms with Crippen molar-refractivity contribution < 1.29 is 9.13 Å². The Kier molecular flexibility index (Phi) is 5.45. The van der Waals surface area contributed by atoms with Crippen LogP contribution in [-0.4, -0.2) is 31.8 Å². The molecule has 0 aliphatic carbocycles. The zero-order chi connectivity index (χ0) is 15.4. The number of benzene rings is 1. The Morgan fingerprint density at radius 3 is 2.71 bits per heavy atom. The van der Waals surface area contributed by atoms with Gasteiger partial charge in [0.05, 0.1) is 6.61 Å². The molecule has 2 unspecified atom stereocenters. The molecule has 1 aromatic carbocycles. The van der Waals surface area contributed by atoms with Crippen molar-refractivity contribution >= 4 is 5.69 Å². The fourth-order valence-corrected chi connectivity index (χ4v) is 2.94. The van der Waals surface area contributed by atoms with Gasteiger partial charge < -0.3 is 15.0 Å². The van der Waals surface area contributed by atoms with Crippen LogP contribution in [0.25, 0.3) is 0 Å². The summed E-state index contributed by atoms with van der Waals surface area (Å²) in [5.41, 5.74) is 0.953. The van der Waals surface area contributed by atoms with E-state index in [9.17, 15) is 4.39 Å². The van der Waals surface area contributed by atoms with Crippen molar-refractivity contribution in [1.29, 1.82) is 0 Å². The minimum absolute atomic E-state index is 0.275. The van der Waals surface area contributed by atoms with Crippen molar-refractivity contribution in [2.75, 3.05) is 24.6 Å². The van der Waals surface area contributed by atoms with E-state index in [4.69, 9.17) is 4.74 Å². The van der Waals surface area contributed by atoms with Crippen LogP contribution in [0, 0.1) is 11.7 Å². The molecule has 2 rings (SSSR count). The Balaban J connectivity index is 2.25. The van der Waals surface area contributed by atoms with Crippen molar-refractivity contribution in [3.8, 4) is 5.75 Å². The lowest BCUT2D eigenvalue weighted by molar-refractivity contribution is 0.319. The Morgan fingerprint density at radius 2 is 2.14 bits per heavy atom. The summed E-state index contributed by atoms with van der Waals surface area (Å²) in [7, 11) is 0. The number of halogens is 1. The predicted molar refractivity (Wildman–Crippen MR) is 85.6 cm³/mol. The first-order valence-electron chi connectivity index (χ1n) is 7.99. The summed E-state index contributed by atoms with van der Waals surface area (Å²) in [5, 5.41) is 3.59. The number of rotatable bonds is 5. The van der Waals surface area contributed by atoms with Gasteiger partial charge in [-0.3, -0.25) is 0 Å². The fraction of sp³-hybridized carbons (Fsp3) is 0.647. The number of hydrogen-bond acceptors (Lipinski definition) is 3. The minimum atomic E-state index is -0.275. The molecule has 2 atom stereocenters. The van der Waals surface area contributed by atoms with E-state index in [0.29, 0.717) is 30.4 Å². The third-order valence-corrected chi connectivity index (χ3v) is 4.24. The lowest BCUT2D eigenvalue weighted by Crippen LogP contribution is -2.58. The zero-order valence-electron chi connectivity index (χ0n) is 13.5. The fourth-order valence-electron chi connectivity index (χ4n) is 2.94. The van der Waals surface area contributed by atoms with Crippen molar-refractivity contribution in [2.45, 2.75) is 46.2 Å². The maximum atomic E-state index is 14.1. The first-order valence-corrected chi connectivity index (χ1v) is 7.99. The average molecular weight is 294 g/mol. The zero-order valence-corrected chi connectivity index (χ0v) is 13.5. The van der Waals surface area contributed by atoms with Gasteiger partial charge in [-0.15, -0.1) is 0 Å². The highest BCUT2D eigenvalue weighted by atomic mass is 19.1. The monoisotopic (exact) mass is 294 g/mol. The minimum Gasteiger partial charge on any atom is -0.491 e. The third kappa shape index (κ3) is 3.67. The van der Waals surface area contributed by atoms with E-state index in [0.717, 1.165) is 25.2 Å². The second-order valence-corrected chi connectivity index (χ2v) is 6.02. The molecule has 1 N–H and O–H groups in total. The third-order valence-electron chi connectivity index (χ3n) is 4.24. The SMILES string of the molecule is CCOc1ccc(N2CC(CC)NCC2C(C)C)cc1F. The van der Waals surface area contributed by atoms with Gasteiger partial charge in [-0.2, -0.15) is 0 Å². The quantitative estimate of drug-likeness (QED) is 0.900. The Bertz CT molecular complexity index is 464. The molecule has 0 amide bonds. The van der Waals surface area contributed by atoms with Gasteiger partial charge in [-0.05, 0) is 31.4 Å².